The molecule has 1 atom stereocenters. The predicted molar refractivity (Wildman–Crippen MR) is 77.7 cm³/mol. The lowest BCUT2D eigenvalue weighted by Crippen LogP contribution is -2.31. The van der Waals surface area contributed by atoms with Gasteiger partial charge in [-0.15, -0.1) is 0 Å². The first-order valence-corrected chi connectivity index (χ1v) is 7.14. The summed E-state index contributed by atoms with van der Waals surface area (Å²) >= 11 is 0. The van der Waals surface area contributed by atoms with E-state index < -0.39 is 0 Å². The number of ether oxygens (including phenoxy) is 2. The van der Waals surface area contributed by atoms with Crippen molar-refractivity contribution in [2.24, 2.45) is 11.1 Å². The van der Waals surface area contributed by atoms with Crippen molar-refractivity contribution in [1.29, 1.82) is 0 Å². The van der Waals surface area contributed by atoms with Gasteiger partial charge in [0.25, 0.3) is 0 Å². The van der Waals surface area contributed by atoms with Crippen LogP contribution in [-0.4, -0.2) is 14.2 Å². The largest absolute Gasteiger partial charge is 0.497 e. The second kappa shape index (κ2) is 5.83. The second-order valence-corrected chi connectivity index (χ2v) is 5.55. The third-order valence-electron chi connectivity index (χ3n) is 4.70. The highest BCUT2D eigenvalue weighted by Crippen LogP contribution is 2.49. The van der Waals surface area contributed by atoms with Crippen molar-refractivity contribution in [3.63, 3.8) is 0 Å². The van der Waals surface area contributed by atoms with Crippen molar-refractivity contribution in [2.75, 3.05) is 14.2 Å². The van der Waals surface area contributed by atoms with Gasteiger partial charge in [-0.1, -0.05) is 19.8 Å². The molecule has 0 spiro atoms. The van der Waals surface area contributed by atoms with Gasteiger partial charge in [0.05, 0.1) is 14.2 Å². The number of rotatable bonds is 5. The fraction of sp³-hybridized carbons (Fsp3) is 0.625. The molecule has 3 nitrogen and oxygen atoms in total. The quantitative estimate of drug-likeness (QED) is 0.881. The molecule has 2 rings (SSSR count). The molecule has 1 aromatic rings. The van der Waals surface area contributed by atoms with E-state index >= 15 is 0 Å². The van der Waals surface area contributed by atoms with Gasteiger partial charge in [0.15, 0.2) is 0 Å². The third-order valence-corrected chi connectivity index (χ3v) is 4.70. The summed E-state index contributed by atoms with van der Waals surface area (Å²) < 4.78 is 10.7. The van der Waals surface area contributed by atoms with E-state index in [4.69, 9.17) is 15.2 Å². The molecule has 1 fully saturated rings. The minimum absolute atomic E-state index is 0.0593. The van der Waals surface area contributed by atoms with E-state index in [2.05, 4.69) is 6.92 Å². The molecule has 0 saturated heterocycles. The molecule has 19 heavy (non-hydrogen) atoms. The van der Waals surface area contributed by atoms with Gasteiger partial charge in [0, 0.05) is 12.1 Å². The number of nitrogens with two attached hydrogens (primary N) is 1. The predicted octanol–water partition coefficient (Wildman–Crippen LogP) is 3.67. The van der Waals surface area contributed by atoms with E-state index in [1.165, 1.54) is 25.7 Å². The van der Waals surface area contributed by atoms with E-state index in [1.54, 1.807) is 14.2 Å². The van der Waals surface area contributed by atoms with Crippen LogP contribution in [0.2, 0.25) is 0 Å². The van der Waals surface area contributed by atoms with Crippen molar-refractivity contribution in [3.8, 4) is 11.5 Å². The highest BCUT2D eigenvalue weighted by atomic mass is 16.5. The van der Waals surface area contributed by atoms with E-state index in [9.17, 15) is 0 Å². The fourth-order valence-electron chi connectivity index (χ4n) is 3.33. The van der Waals surface area contributed by atoms with Crippen LogP contribution in [0, 0.1) is 5.41 Å². The monoisotopic (exact) mass is 263 g/mol. The molecular formula is C16H25NO2. The van der Waals surface area contributed by atoms with Crippen molar-refractivity contribution >= 4 is 0 Å². The van der Waals surface area contributed by atoms with E-state index in [0.717, 1.165) is 23.5 Å². The lowest BCUT2D eigenvalue weighted by Gasteiger charge is -2.35. The first-order chi connectivity index (χ1) is 9.15. The molecule has 106 valence electrons. The van der Waals surface area contributed by atoms with E-state index in [-0.39, 0.29) is 11.5 Å². The number of benzene rings is 1. The van der Waals surface area contributed by atoms with Crippen LogP contribution in [0.15, 0.2) is 18.2 Å². The maximum absolute atomic E-state index is 6.58. The van der Waals surface area contributed by atoms with Crippen LogP contribution in [0.4, 0.5) is 0 Å². The molecule has 1 aromatic carbocycles. The molecule has 1 aliphatic rings. The van der Waals surface area contributed by atoms with E-state index in [0.29, 0.717) is 0 Å². The Balaban J connectivity index is 2.34. The molecule has 0 amide bonds. The fourth-order valence-corrected chi connectivity index (χ4v) is 3.33. The maximum atomic E-state index is 6.58. The average molecular weight is 263 g/mol. The zero-order valence-corrected chi connectivity index (χ0v) is 12.2. The second-order valence-electron chi connectivity index (χ2n) is 5.55. The van der Waals surface area contributed by atoms with Crippen LogP contribution in [0.5, 0.6) is 11.5 Å². The Morgan fingerprint density at radius 2 is 1.63 bits per heavy atom. The topological polar surface area (TPSA) is 44.5 Å². The Kier molecular flexibility index (Phi) is 4.35. The summed E-state index contributed by atoms with van der Waals surface area (Å²) in [4.78, 5) is 0. The maximum Gasteiger partial charge on any atom is 0.122 e. The van der Waals surface area contributed by atoms with Crippen molar-refractivity contribution in [3.05, 3.63) is 23.8 Å². The minimum atomic E-state index is 0.0593. The number of hydrogen-bond donors (Lipinski definition) is 1. The van der Waals surface area contributed by atoms with Crippen LogP contribution >= 0.6 is 0 Å². The molecule has 0 radical (unpaired) electrons. The number of hydrogen-bond acceptors (Lipinski definition) is 3. The summed E-state index contributed by atoms with van der Waals surface area (Å²) in [6.45, 7) is 2.25. The van der Waals surface area contributed by atoms with Crippen molar-refractivity contribution in [2.45, 2.75) is 45.1 Å². The Labute approximate surface area is 116 Å². The Hall–Kier alpha value is -1.22. The number of methoxy groups -OCH3 is 2. The summed E-state index contributed by atoms with van der Waals surface area (Å²) in [7, 11) is 3.35. The van der Waals surface area contributed by atoms with Crippen LogP contribution in [0.25, 0.3) is 0 Å². The van der Waals surface area contributed by atoms with Gasteiger partial charge in [-0.3, -0.25) is 0 Å². The lowest BCUT2D eigenvalue weighted by molar-refractivity contribution is 0.221. The van der Waals surface area contributed by atoms with Gasteiger partial charge < -0.3 is 15.2 Å². The summed E-state index contributed by atoms with van der Waals surface area (Å²) in [5.41, 5.74) is 7.95. The summed E-state index contributed by atoms with van der Waals surface area (Å²) in [5.74, 6) is 1.63. The smallest absolute Gasteiger partial charge is 0.122 e. The standard InChI is InChI=1S/C16H25NO2/c1-4-16(7-5-6-8-16)15(17)12-9-13(18-2)11-14(10-12)19-3/h9-11,15H,4-8,17H2,1-3H3. The highest BCUT2D eigenvalue weighted by molar-refractivity contribution is 5.40. The lowest BCUT2D eigenvalue weighted by atomic mass is 9.74. The first kappa shape index (κ1) is 14.2. The Morgan fingerprint density at radius 1 is 1.11 bits per heavy atom. The summed E-state index contributed by atoms with van der Waals surface area (Å²) in [5, 5.41) is 0. The highest BCUT2D eigenvalue weighted by Gasteiger charge is 2.38. The third kappa shape index (κ3) is 2.71. The molecular weight excluding hydrogens is 238 g/mol. The molecule has 1 unspecified atom stereocenters. The molecule has 2 N–H and O–H groups in total. The molecule has 0 bridgehead atoms. The van der Waals surface area contributed by atoms with Gasteiger partial charge in [-0.25, -0.2) is 0 Å². The molecule has 0 aliphatic heterocycles. The van der Waals surface area contributed by atoms with Gasteiger partial charge >= 0.3 is 0 Å². The van der Waals surface area contributed by atoms with Crippen LogP contribution in [0.3, 0.4) is 0 Å². The van der Waals surface area contributed by atoms with Crippen LogP contribution < -0.4 is 15.2 Å². The van der Waals surface area contributed by atoms with Crippen LogP contribution in [-0.2, 0) is 0 Å². The van der Waals surface area contributed by atoms with Gasteiger partial charge in [-0.2, -0.15) is 0 Å². The van der Waals surface area contributed by atoms with Gasteiger partial charge in [0.1, 0.15) is 11.5 Å². The van der Waals surface area contributed by atoms with Crippen molar-refractivity contribution in [1.82, 2.24) is 0 Å². The van der Waals surface area contributed by atoms with Crippen LogP contribution in [0.1, 0.15) is 50.6 Å². The summed E-state index contributed by atoms with van der Waals surface area (Å²) in [6, 6.07) is 6.04. The summed E-state index contributed by atoms with van der Waals surface area (Å²) in [6.07, 6.45) is 6.17. The van der Waals surface area contributed by atoms with Gasteiger partial charge in [0.2, 0.25) is 0 Å². The van der Waals surface area contributed by atoms with Gasteiger partial charge in [-0.05, 0) is 42.4 Å². The Morgan fingerprint density at radius 3 is 2.05 bits per heavy atom. The van der Waals surface area contributed by atoms with Crippen molar-refractivity contribution < 1.29 is 9.47 Å². The molecule has 3 heteroatoms. The SMILES string of the molecule is CCC1(C(N)c2cc(OC)cc(OC)c2)CCCC1. The molecule has 1 aliphatic carbocycles. The average Bonchev–Trinajstić information content (AvgIpc) is 2.95. The normalized spacial score (nSPS) is 19.2. The Bertz CT molecular complexity index is 403. The van der Waals surface area contributed by atoms with E-state index in [1.807, 2.05) is 18.2 Å². The molecule has 0 aromatic heterocycles. The zero-order valence-electron chi connectivity index (χ0n) is 12.2. The molecule has 1 saturated carbocycles. The minimum Gasteiger partial charge on any atom is -0.497 e. The zero-order chi connectivity index (χ0) is 13.9. The molecule has 0 heterocycles. The first-order valence-electron chi connectivity index (χ1n) is 7.14.